The van der Waals surface area contributed by atoms with E-state index in [1.165, 1.54) is 71.3 Å². The monoisotopic (exact) mass is 432 g/mol. The van der Waals surface area contributed by atoms with E-state index >= 15 is 0 Å². The van der Waals surface area contributed by atoms with Crippen LogP contribution in [0.1, 0.15) is 33.4 Å². The molecular weight excluding hydrogens is 416 g/mol. The van der Waals surface area contributed by atoms with E-state index in [-0.39, 0.29) is 0 Å². The number of aromatic nitrogens is 2. The zero-order valence-corrected chi connectivity index (χ0v) is 18.2. The highest BCUT2D eigenvalue weighted by molar-refractivity contribution is 6.33. The van der Waals surface area contributed by atoms with Gasteiger partial charge in [-0.1, -0.05) is 36.4 Å². The predicted molar refractivity (Wildman–Crippen MR) is 136 cm³/mol. The third-order valence-electron chi connectivity index (χ3n) is 8.51. The van der Waals surface area contributed by atoms with Crippen LogP contribution >= 0.6 is 0 Å². The summed E-state index contributed by atoms with van der Waals surface area (Å²) in [6.07, 6.45) is 4.85. The average molecular weight is 432 g/mol. The van der Waals surface area contributed by atoms with E-state index in [4.69, 9.17) is 14.4 Å². The van der Waals surface area contributed by atoms with Crippen molar-refractivity contribution in [2.45, 2.75) is 19.3 Å². The second kappa shape index (κ2) is 5.13. The molecule has 3 aliphatic rings. The fourth-order valence-corrected chi connectivity index (χ4v) is 7.21. The van der Waals surface area contributed by atoms with E-state index in [1.807, 2.05) is 24.4 Å². The number of rotatable bonds is 1. The van der Waals surface area contributed by atoms with Gasteiger partial charge in [-0.25, -0.2) is 9.97 Å². The zero-order chi connectivity index (χ0) is 21.7. The summed E-state index contributed by atoms with van der Waals surface area (Å²) in [5, 5.41) is 10.0. The molecule has 0 fully saturated rings. The molecule has 3 heteroatoms. The average Bonchev–Trinajstić information content (AvgIpc) is 3.61. The van der Waals surface area contributed by atoms with Gasteiger partial charge in [0.05, 0.1) is 6.20 Å². The molecule has 3 nitrogen and oxygen atoms in total. The van der Waals surface area contributed by atoms with Crippen LogP contribution in [0, 0.1) is 0 Å². The Balaban J connectivity index is 1.38. The van der Waals surface area contributed by atoms with Gasteiger partial charge in [-0.15, -0.1) is 0 Å². The highest BCUT2D eigenvalue weighted by Gasteiger charge is 2.33. The standard InChI is InChI=1S/C31H16N2O/c1-2-4-22-19(3-1)30-23(34-22)13-32-31(33-30)21-12-18-10-16-6-5-14-9-15-7-8-17-11-20(21)29-27(17)25(15)24(14)26(16)28(18)29/h1-8,12-13H,9-11H2. The van der Waals surface area contributed by atoms with Crippen LogP contribution in [0.5, 0.6) is 0 Å². The Kier molecular flexibility index (Phi) is 2.47. The van der Waals surface area contributed by atoms with Gasteiger partial charge in [-0.2, -0.15) is 0 Å². The van der Waals surface area contributed by atoms with Crippen molar-refractivity contribution in [2.75, 3.05) is 0 Å². The smallest absolute Gasteiger partial charge is 0.172 e. The Bertz CT molecular complexity index is 2110. The maximum absolute atomic E-state index is 6.00. The molecule has 0 aliphatic heterocycles. The van der Waals surface area contributed by atoms with E-state index in [2.05, 4.69) is 36.4 Å². The lowest BCUT2D eigenvalue weighted by atomic mass is 9.92. The van der Waals surface area contributed by atoms with Gasteiger partial charge in [-0.05, 0) is 103 Å². The number of hydrogen-bond acceptors (Lipinski definition) is 3. The minimum atomic E-state index is 0.745. The molecule has 0 saturated heterocycles. The van der Waals surface area contributed by atoms with E-state index < -0.39 is 0 Å². The van der Waals surface area contributed by atoms with Crippen molar-refractivity contribution in [1.82, 2.24) is 9.97 Å². The molecule has 5 aromatic carbocycles. The highest BCUT2D eigenvalue weighted by atomic mass is 16.3. The van der Waals surface area contributed by atoms with Gasteiger partial charge in [0.2, 0.25) is 0 Å². The van der Waals surface area contributed by atoms with Crippen molar-refractivity contribution in [3.8, 4) is 11.4 Å². The quantitative estimate of drug-likeness (QED) is 0.257. The van der Waals surface area contributed by atoms with Crippen LogP contribution in [0.25, 0.3) is 65.8 Å². The van der Waals surface area contributed by atoms with E-state index in [1.54, 1.807) is 0 Å². The van der Waals surface area contributed by atoms with Crippen LogP contribution in [0.3, 0.4) is 0 Å². The van der Waals surface area contributed by atoms with E-state index in [0.717, 1.165) is 47.2 Å². The summed E-state index contributed by atoms with van der Waals surface area (Å²) < 4.78 is 6.00. The fraction of sp³-hybridized carbons (Fsp3) is 0.0968. The third-order valence-corrected chi connectivity index (χ3v) is 8.51. The number of nitrogens with zero attached hydrogens (tertiary/aromatic N) is 2. The Labute approximate surface area is 193 Å². The number of hydrogen-bond donors (Lipinski definition) is 0. The minimum Gasteiger partial charge on any atom is -0.453 e. The Morgan fingerprint density at radius 2 is 1.26 bits per heavy atom. The molecule has 0 N–H and O–H groups in total. The Morgan fingerprint density at radius 3 is 2.06 bits per heavy atom. The van der Waals surface area contributed by atoms with Crippen molar-refractivity contribution in [3.05, 3.63) is 94.2 Å². The SMILES string of the molecule is c1ccc2c(c1)oc1cnc(-c3cc4c5c6c(ccc7c6c6c(ccc8c6c5c3C8)C7)C4)nc12. The summed E-state index contributed by atoms with van der Waals surface area (Å²) in [5.74, 6) is 0.806. The fourth-order valence-electron chi connectivity index (χ4n) is 7.21. The first kappa shape index (κ1) is 16.4. The molecule has 0 saturated carbocycles. The van der Waals surface area contributed by atoms with Crippen molar-refractivity contribution < 1.29 is 4.42 Å². The molecule has 7 aromatic rings. The Hall–Kier alpha value is -4.24. The Morgan fingerprint density at radius 1 is 0.618 bits per heavy atom. The summed E-state index contributed by atoms with van der Waals surface area (Å²) in [6.45, 7) is 0. The lowest BCUT2D eigenvalue weighted by Gasteiger charge is -2.12. The zero-order valence-electron chi connectivity index (χ0n) is 18.2. The van der Waals surface area contributed by atoms with Crippen molar-refractivity contribution in [3.63, 3.8) is 0 Å². The van der Waals surface area contributed by atoms with Crippen molar-refractivity contribution in [2.24, 2.45) is 0 Å². The normalized spacial score (nSPS) is 14.7. The molecule has 2 heterocycles. The molecule has 10 rings (SSSR count). The molecule has 0 amide bonds. The topological polar surface area (TPSA) is 38.9 Å². The highest BCUT2D eigenvalue weighted by Crippen LogP contribution is 2.54. The number of benzene rings is 5. The van der Waals surface area contributed by atoms with Crippen LogP contribution in [-0.4, -0.2) is 9.97 Å². The number of para-hydroxylation sites is 1. The first-order valence-corrected chi connectivity index (χ1v) is 12.0. The largest absolute Gasteiger partial charge is 0.453 e. The van der Waals surface area contributed by atoms with Gasteiger partial charge in [0.15, 0.2) is 11.4 Å². The van der Waals surface area contributed by atoms with Crippen LogP contribution in [-0.2, 0) is 19.3 Å². The van der Waals surface area contributed by atoms with Gasteiger partial charge in [-0.3, -0.25) is 0 Å². The third kappa shape index (κ3) is 1.65. The van der Waals surface area contributed by atoms with Gasteiger partial charge >= 0.3 is 0 Å². The second-order valence-electron chi connectivity index (χ2n) is 10.1. The van der Waals surface area contributed by atoms with Crippen LogP contribution in [0.4, 0.5) is 0 Å². The first-order valence-electron chi connectivity index (χ1n) is 12.0. The molecule has 2 aromatic heterocycles. The van der Waals surface area contributed by atoms with E-state index in [9.17, 15) is 0 Å². The number of furan rings is 1. The summed E-state index contributed by atoms with van der Waals surface area (Å²) in [7, 11) is 0. The molecule has 3 aliphatic carbocycles. The molecular formula is C31H16N2O. The lowest BCUT2D eigenvalue weighted by molar-refractivity contribution is 0.666. The van der Waals surface area contributed by atoms with Crippen LogP contribution < -0.4 is 0 Å². The molecule has 0 radical (unpaired) electrons. The van der Waals surface area contributed by atoms with Gasteiger partial charge in [0.1, 0.15) is 11.1 Å². The van der Waals surface area contributed by atoms with Gasteiger partial charge in [0, 0.05) is 10.9 Å². The minimum absolute atomic E-state index is 0.745. The van der Waals surface area contributed by atoms with Crippen LogP contribution in [0.2, 0.25) is 0 Å². The van der Waals surface area contributed by atoms with Crippen molar-refractivity contribution >= 4 is 54.4 Å². The molecule has 34 heavy (non-hydrogen) atoms. The van der Waals surface area contributed by atoms with Crippen molar-refractivity contribution in [1.29, 1.82) is 0 Å². The van der Waals surface area contributed by atoms with Crippen LogP contribution in [0.15, 0.2) is 65.2 Å². The second-order valence-corrected chi connectivity index (χ2v) is 10.1. The molecule has 0 bridgehead atoms. The lowest BCUT2D eigenvalue weighted by Crippen LogP contribution is -1.96. The summed E-state index contributed by atoms with van der Waals surface area (Å²) in [4.78, 5) is 9.91. The maximum Gasteiger partial charge on any atom is 0.172 e. The molecule has 0 atom stereocenters. The summed E-state index contributed by atoms with van der Waals surface area (Å²) in [5.41, 5.74) is 12.4. The molecule has 0 unspecified atom stereocenters. The van der Waals surface area contributed by atoms with E-state index in [0.29, 0.717) is 0 Å². The maximum atomic E-state index is 6.00. The molecule has 0 spiro atoms. The van der Waals surface area contributed by atoms with Gasteiger partial charge in [0.25, 0.3) is 0 Å². The summed E-state index contributed by atoms with van der Waals surface area (Å²) in [6, 6.07) is 20.0. The predicted octanol–water partition coefficient (Wildman–Crippen LogP) is 7.22. The van der Waals surface area contributed by atoms with Gasteiger partial charge < -0.3 is 4.42 Å². The number of fused-ring (bicyclic) bond motifs is 3. The summed E-state index contributed by atoms with van der Waals surface area (Å²) >= 11 is 0. The first-order chi connectivity index (χ1) is 16.8. The molecule has 156 valence electrons.